The predicted molar refractivity (Wildman–Crippen MR) is 44.7 cm³/mol. The molecule has 1 N–H and O–H groups in total. The van der Waals surface area contributed by atoms with Gasteiger partial charge >= 0.3 is 0 Å². The Kier molecular flexibility index (Phi) is 3.38. The Morgan fingerprint density at radius 1 is 1.14 bits per heavy atom. The molecule has 0 aliphatic heterocycles. The van der Waals surface area contributed by atoms with Crippen molar-refractivity contribution in [2.45, 2.75) is 5.44 Å². The minimum Gasteiger partial charge on any atom is -0.378 e. The van der Waals surface area contributed by atoms with Crippen LogP contribution in [0.5, 0.6) is 0 Å². The molecule has 1 atom stereocenters. The molecule has 0 heterocycles. The standard InChI is InChI=1S/C8H6F4OS/c1-14-8(13)5-6(11)3(9)2-4(10)7(5)12/h2,8,13H,1H3. The van der Waals surface area contributed by atoms with Gasteiger partial charge in [0.25, 0.3) is 0 Å². The molecule has 78 valence electrons. The molecule has 0 aromatic heterocycles. The Labute approximate surface area is 81.7 Å². The number of benzene rings is 1. The van der Waals surface area contributed by atoms with E-state index in [9.17, 15) is 17.6 Å². The fourth-order valence-corrected chi connectivity index (χ4v) is 1.37. The summed E-state index contributed by atoms with van der Waals surface area (Å²) in [5.74, 6) is -6.17. The molecule has 0 amide bonds. The van der Waals surface area contributed by atoms with Gasteiger partial charge in [-0.2, -0.15) is 0 Å². The van der Waals surface area contributed by atoms with Gasteiger partial charge in [0.05, 0.1) is 5.56 Å². The third-order valence-corrected chi connectivity index (χ3v) is 2.30. The van der Waals surface area contributed by atoms with E-state index in [2.05, 4.69) is 0 Å². The van der Waals surface area contributed by atoms with Crippen LogP contribution in [0.4, 0.5) is 17.6 Å². The highest BCUT2D eigenvalue weighted by atomic mass is 32.2. The van der Waals surface area contributed by atoms with Gasteiger partial charge in [0.2, 0.25) is 0 Å². The number of hydrogen-bond acceptors (Lipinski definition) is 2. The van der Waals surface area contributed by atoms with Crippen LogP contribution in [-0.2, 0) is 0 Å². The molecule has 0 aliphatic carbocycles. The van der Waals surface area contributed by atoms with Crippen LogP contribution in [0.2, 0.25) is 0 Å². The quantitative estimate of drug-likeness (QED) is 0.475. The molecular formula is C8H6F4OS. The molecule has 0 bridgehead atoms. The van der Waals surface area contributed by atoms with Crippen LogP contribution in [0.15, 0.2) is 6.07 Å². The van der Waals surface area contributed by atoms with E-state index in [0.717, 1.165) is 0 Å². The maximum Gasteiger partial charge on any atom is 0.168 e. The van der Waals surface area contributed by atoms with Gasteiger partial charge in [-0.05, 0) is 6.26 Å². The van der Waals surface area contributed by atoms with Crippen molar-refractivity contribution in [3.63, 3.8) is 0 Å². The Morgan fingerprint density at radius 2 is 1.57 bits per heavy atom. The first kappa shape index (κ1) is 11.3. The molecule has 0 aliphatic rings. The van der Waals surface area contributed by atoms with Crippen molar-refractivity contribution in [1.82, 2.24) is 0 Å². The number of halogens is 4. The number of aliphatic hydroxyl groups excluding tert-OH is 1. The smallest absolute Gasteiger partial charge is 0.168 e. The SMILES string of the molecule is CSC(O)c1c(F)c(F)cc(F)c1F. The topological polar surface area (TPSA) is 20.2 Å². The van der Waals surface area contributed by atoms with E-state index < -0.39 is 34.3 Å². The normalized spacial score (nSPS) is 13.0. The number of rotatable bonds is 2. The van der Waals surface area contributed by atoms with Gasteiger partial charge < -0.3 is 5.11 Å². The lowest BCUT2D eigenvalue weighted by Crippen LogP contribution is -2.05. The van der Waals surface area contributed by atoms with Crippen LogP contribution in [0.1, 0.15) is 11.0 Å². The Bertz CT molecular complexity index is 329. The van der Waals surface area contributed by atoms with Crippen molar-refractivity contribution in [3.8, 4) is 0 Å². The highest BCUT2D eigenvalue weighted by molar-refractivity contribution is 7.98. The van der Waals surface area contributed by atoms with Gasteiger partial charge in [-0.15, -0.1) is 11.8 Å². The van der Waals surface area contributed by atoms with Gasteiger partial charge in [0, 0.05) is 6.07 Å². The van der Waals surface area contributed by atoms with E-state index in [-0.39, 0.29) is 6.07 Å². The average Bonchev–Trinajstić information content (AvgIpc) is 2.15. The number of hydrogen-bond donors (Lipinski definition) is 1. The summed E-state index contributed by atoms with van der Waals surface area (Å²) in [5.41, 5.74) is -2.62. The van der Waals surface area contributed by atoms with Crippen LogP contribution in [0, 0.1) is 23.3 Å². The number of aliphatic hydroxyl groups is 1. The van der Waals surface area contributed by atoms with E-state index in [1.165, 1.54) is 6.26 Å². The molecule has 1 unspecified atom stereocenters. The lowest BCUT2D eigenvalue weighted by Gasteiger charge is -2.10. The molecular weight excluding hydrogens is 220 g/mol. The first-order valence-electron chi connectivity index (χ1n) is 3.52. The lowest BCUT2D eigenvalue weighted by atomic mass is 10.2. The molecule has 0 saturated heterocycles. The van der Waals surface area contributed by atoms with Crippen molar-refractivity contribution >= 4 is 11.8 Å². The largest absolute Gasteiger partial charge is 0.378 e. The Morgan fingerprint density at radius 3 is 1.93 bits per heavy atom. The summed E-state index contributed by atoms with van der Waals surface area (Å²) in [6.07, 6.45) is 1.35. The van der Waals surface area contributed by atoms with Gasteiger partial charge in [-0.1, -0.05) is 0 Å². The molecule has 6 heteroatoms. The highest BCUT2D eigenvalue weighted by Gasteiger charge is 2.23. The monoisotopic (exact) mass is 226 g/mol. The zero-order valence-corrected chi connectivity index (χ0v) is 7.84. The van der Waals surface area contributed by atoms with Crippen molar-refractivity contribution in [3.05, 3.63) is 34.9 Å². The molecule has 0 radical (unpaired) electrons. The van der Waals surface area contributed by atoms with Crippen LogP contribution < -0.4 is 0 Å². The Hall–Kier alpha value is -0.750. The van der Waals surface area contributed by atoms with Crippen molar-refractivity contribution in [2.24, 2.45) is 0 Å². The van der Waals surface area contributed by atoms with Crippen LogP contribution in [0.3, 0.4) is 0 Å². The molecule has 0 spiro atoms. The van der Waals surface area contributed by atoms with E-state index in [0.29, 0.717) is 11.8 Å². The second-order valence-corrected chi connectivity index (χ2v) is 3.39. The zero-order chi connectivity index (χ0) is 10.9. The summed E-state index contributed by atoms with van der Waals surface area (Å²) in [4.78, 5) is 0. The molecule has 1 nitrogen and oxygen atoms in total. The zero-order valence-electron chi connectivity index (χ0n) is 7.02. The van der Waals surface area contributed by atoms with Crippen molar-refractivity contribution in [1.29, 1.82) is 0 Å². The van der Waals surface area contributed by atoms with Gasteiger partial charge in [0.1, 0.15) is 5.44 Å². The molecule has 0 saturated carbocycles. The third-order valence-electron chi connectivity index (χ3n) is 1.62. The van der Waals surface area contributed by atoms with Crippen LogP contribution in [0.25, 0.3) is 0 Å². The maximum atomic E-state index is 12.9. The summed E-state index contributed by atoms with van der Waals surface area (Å²) in [5, 5.41) is 9.09. The summed E-state index contributed by atoms with van der Waals surface area (Å²) >= 11 is 0.666. The van der Waals surface area contributed by atoms with E-state index in [1.54, 1.807) is 0 Å². The minimum atomic E-state index is -1.62. The number of thioether (sulfide) groups is 1. The summed E-state index contributed by atoms with van der Waals surface area (Å²) in [6.45, 7) is 0. The Balaban J connectivity index is 3.39. The van der Waals surface area contributed by atoms with Crippen LogP contribution >= 0.6 is 11.8 Å². The van der Waals surface area contributed by atoms with Crippen molar-refractivity contribution in [2.75, 3.05) is 6.26 Å². The molecule has 1 aromatic rings. The molecule has 1 aromatic carbocycles. The van der Waals surface area contributed by atoms with Crippen molar-refractivity contribution < 1.29 is 22.7 Å². The fraction of sp³-hybridized carbons (Fsp3) is 0.250. The summed E-state index contributed by atoms with van der Waals surface area (Å²) < 4.78 is 51.1. The lowest BCUT2D eigenvalue weighted by molar-refractivity contribution is 0.252. The fourth-order valence-electron chi connectivity index (χ4n) is 0.926. The van der Waals surface area contributed by atoms with Crippen LogP contribution in [-0.4, -0.2) is 11.4 Å². The second-order valence-electron chi connectivity index (χ2n) is 2.47. The van der Waals surface area contributed by atoms with Gasteiger partial charge in [0.15, 0.2) is 23.3 Å². The third kappa shape index (κ3) is 1.85. The van der Waals surface area contributed by atoms with Gasteiger partial charge in [-0.25, -0.2) is 17.6 Å². The first-order valence-corrected chi connectivity index (χ1v) is 4.81. The summed E-state index contributed by atoms with van der Waals surface area (Å²) in [6, 6.07) is 0.0984. The first-order chi connectivity index (χ1) is 6.49. The highest BCUT2D eigenvalue weighted by Crippen LogP contribution is 2.30. The maximum absolute atomic E-state index is 12.9. The molecule has 0 fully saturated rings. The minimum absolute atomic E-state index is 0.0984. The predicted octanol–water partition coefficient (Wildman–Crippen LogP) is 2.60. The van der Waals surface area contributed by atoms with E-state index in [1.807, 2.05) is 0 Å². The average molecular weight is 226 g/mol. The second kappa shape index (κ2) is 4.18. The van der Waals surface area contributed by atoms with E-state index >= 15 is 0 Å². The molecule has 14 heavy (non-hydrogen) atoms. The summed E-state index contributed by atoms with van der Waals surface area (Å²) in [7, 11) is 0. The van der Waals surface area contributed by atoms with E-state index in [4.69, 9.17) is 5.11 Å². The van der Waals surface area contributed by atoms with Gasteiger partial charge in [-0.3, -0.25) is 0 Å². The molecule has 1 rings (SSSR count).